The highest BCUT2D eigenvalue weighted by atomic mass is 35.5. The molecule has 1 N–H and O–H groups in total. The van der Waals surface area contributed by atoms with Crippen molar-refractivity contribution in [3.63, 3.8) is 0 Å². The van der Waals surface area contributed by atoms with Crippen LogP contribution in [0.5, 0.6) is 0 Å². The minimum Gasteiger partial charge on any atom is -0.212 e. The largest absolute Gasteiger partial charge is 0.389 e. The summed E-state index contributed by atoms with van der Waals surface area (Å²) >= 11 is 5.71. The first kappa shape index (κ1) is 17.3. The molecule has 1 aromatic rings. The molecular weight excluding hydrogens is 315 g/mol. The standard InChI is InChI=1S/C12H15ClF3NO2S/c13-9-11(10-5-2-1-3-6-10)17-20(18,19)8-4-7-12(14,15)16/h1-3,5-6,11,17H,4,7-9H2. The van der Waals surface area contributed by atoms with Gasteiger partial charge in [0.1, 0.15) is 0 Å². The predicted molar refractivity (Wildman–Crippen MR) is 72.1 cm³/mol. The maximum Gasteiger partial charge on any atom is 0.389 e. The lowest BCUT2D eigenvalue weighted by Crippen LogP contribution is -2.32. The number of alkyl halides is 4. The van der Waals surface area contributed by atoms with E-state index in [9.17, 15) is 21.6 Å². The maximum absolute atomic E-state index is 12.0. The smallest absolute Gasteiger partial charge is 0.212 e. The molecule has 0 fully saturated rings. The molecule has 1 rings (SSSR count). The van der Waals surface area contributed by atoms with Crippen molar-refractivity contribution in [3.8, 4) is 0 Å². The summed E-state index contributed by atoms with van der Waals surface area (Å²) < 4.78 is 61.7. The van der Waals surface area contributed by atoms with Gasteiger partial charge in [0, 0.05) is 12.3 Å². The molecule has 1 aromatic carbocycles. The lowest BCUT2D eigenvalue weighted by atomic mass is 10.1. The number of rotatable bonds is 7. The van der Waals surface area contributed by atoms with Gasteiger partial charge >= 0.3 is 6.18 Å². The predicted octanol–water partition coefficient (Wildman–Crippen LogP) is 3.23. The van der Waals surface area contributed by atoms with E-state index in [1.165, 1.54) is 0 Å². The zero-order valence-corrected chi connectivity index (χ0v) is 12.1. The van der Waals surface area contributed by atoms with Gasteiger partial charge < -0.3 is 0 Å². The number of halogens is 4. The summed E-state index contributed by atoms with van der Waals surface area (Å²) in [6, 6.07) is 7.98. The van der Waals surface area contributed by atoms with Crippen LogP contribution in [0.3, 0.4) is 0 Å². The Labute approximate surface area is 121 Å². The van der Waals surface area contributed by atoms with E-state index < -0.39 is 40.8 Å². The summed E-state index contributed by atoms with van der Waals surface area (Å²) in [5.74, 6) is -0.574. The second-order valence-electron chi connectivity index (χ2n) is 4.27. The lowest BCUT2D eigenvalue weighted by molar-refractivity contribution is -0.134. The lowest BCUT2D eigenvalue weighted by Gasteiger charge is -2.16. The Morgan fingerprint density at radius 3 is 2.30 bits per heavy atom. The minimum absolute atomic E-state index is 0.00249. The van der Waals surface area contributed by atoms with E-state index in [2.05, 4.69) is 4.72 Å². The molecule has 0 spiro atoms. The monoisotopic (exact) mass is 329 g/mol. The van der Waals surface area contributed by atoms with E-state index in [1.807, 2.05) is 0 Å². The summed E-state index contributed by atoms with van der Waals surface area (Å²) in [7, 11) is -3.80. The molecule has 1 unspecified atom stereocenters. The van der Waals surface area contributed by atoms with Crippen LogP contribution in [-0.2, 0) is 10.0 Å². The van der Waals surface area contributed by atoms with Crippen LogP contribution < -0.4 is 4.72 Å². The van der Waals surface area contributed by atoms with E-state index in [0.717, 1.165) is 0 Å². The normalized spacial score (nSPS) is 14.2. The molecular formula is C12H15ClF3NO2S. The molecule has 8 heteroatoms. The van der Waals surface area contributed by atoms with Crippen molar-refractivity contribution in [1.29, 1.82) is 0 Å². The summed E-state index contributed by atoms with van der Waals surface area (Å²) in [5, 5.41) is 0. The summed E-state index contributed by atoms with van der Waals surface area (Å²) in [6.07, 6.45) is -5.94. The molecule has 0 aromatic heterocycles. The van der Waals surface area contributed by atoms with Gasteiger partial charge in [-0.05, 0) is 12.0 Å². The van der Waals surface area contributed by atoms with E-state index in [1.54, 1.807) is 30.3 Å². The topological polar surface area (TPSA) is 46.2 Å². The molecule has 0 aliphatic rings. The zero-order chi connectivity index (χ0) is 15.2. The molecule has 0 amide bonds. The summed E-state index contributed by atoms with van der Waals surface area (Å²) in [6.45, 7) is 0. The highest BCUT2D eigenvalue weighted by molar-refractivity contribution is 7.89. The van der Waals surface area contributed by atoms with Gasteiger partial charge in [-0.25, -0.2) is 13.1 Å². The van der Waals surface area contributed by atoms with Crippen molar-refractivity contribution >= 4 is 21.6 Å². The number of benzene rings is 1. The third-order valence-corrected chi connectivity index (χ3v) is 4.33. The fourth-order valence-corrected chi connectivity index (χ4v) is 3.25. The number of hydrogen-bond donors (Lipinski definition) is 1. The molecule has 0 saturated heterocycles. The van der Waals surface area contributed by atoms with E-state index in [4.69, 9.17) is 11.6 Å². The fourth-order valence-electron chi connectivity index (χ4n) is 1.61. The van der Waals surface area contributed by atoms with E-state index >= 15 is 0 Å². The first-order valence-electron chi connectivity index (χ1n) is 5.91. The summed E-state index contributed by atoms with van der Waals surface area (Å²) in [4.78, 5) is 0. The first-order valence-corrected chi connectivity index (χ1v) is 8.10. The Morgan fingerprint density at radius 1 is 1.20 bits per heavy atom. The molecule has 3 nitrogen and oxygen atoms in total. The van der Waals surface area contributed by atoms with Crippen molar-refractivity contribution < 1.29 is 21.6 Å². The van der Waals surface area contributed by atoms with Crippen LogP contribution in [0, 0.1) is 0 Å². The van der Waals surface area contributed by atoms with Crippen LogP contribution in [0.2, 0.25) is 0 Å². The molecule has 0 bridgehead atoms. The van der Waals surface area contributed by atoms with Crippen molar-refractivity contribution in [2.75, 3.05) is 11.6 Å². The van der Waals surface area contributed by atoms with Gasteiger partial charge in [0.05, 0.1) is 11.8 Å². The van der Waals surface area contributed by atoms with Crippen LogP contribution in [0.1, 0.15) is 24.4 Å². The number of sulfonamides is 1. The second-order valence-corrected chi connectivity index (χ2v) is 6.46. The molecule has 114 valence electrons. The highest BCUT2D eigenvalue weighted by Crippen LogP contribution is 2.22. The van der Waals surface area contributed by atoms with Crippen molar-refractivity contribution in [3.05, 3.63) is 35.9 Å². The Balaban J connectivity index is 2.60. The average Bonchev–Trinajstić information content (AvgIpc) is 2.35. The number of nitrogens with one attached hydrogen (secondary N) is 1. The van der Waals surface area contributed by atoms with Gasteiger partial charge in [0.15, 0.2) is 0 Å². The number of hydrogen-bond acceptors (Lipinski definition) is 2. The zero-order valence-electron chi connectivity index (χ0n) is 10.5. The molecule has 0 aliphatic heterocycles. The maximum atomic E-state index is 12.0. The Bertz CT molecular complexity index is 505. The highest BCUT2D eigenvalue weighted by Gasteiger charge is 2.28. The van der Waals surface area contributed by atoms with Gasteiger partial charge in [0.2, 0.25) is 10.0 Å². The van der Waals surface area contributed by atoms with Crippen LogP contribution >= 0.6 is 11.6 Å². The Morgan fingerprint density at radius 2 is 1.80 bits per heavy atom. The molecule has 0 radical (unpaired) electrons. The quantitative estimate of drug-likeness (QED) is 0.781. The SMILES string of the molecule is O=S(=O)(CCCC(F)(F)F)NC(CCl)c1ccccc1. The van der Waals surface area contributed by atoms with Crippen LogP contribution in [-0.4, -0.2) is 26.2 Å². The Hall–Kier alpha value is -0.790. The average molecular weight is 330 g/mol. The molecule has 0 heterocycles. The fraction of sp³-hybridized carbons (Fsp3) is 0.500. The van der Waals surface area contributed by atoms with Gasteiger partial charge in [-0.1, -0.05) is 30.3 Å². The van der Waals surface area contributed by atoms with Crippen LogP contribution in [0.15, 0.2) is 30.3 Å². The minimum atomic E-state index is -4.35. The third kappa shape index (κ3) is 6.58. The second kappa shape index (κ2) is 7.28. The summed E-state index contributed by atoms with van der Waals surface area (Å²) in [5.41, 5.74) is 0.668. The van der Waals surface area contributed by atoms with Gasteiger partial charge in [-0.3, -0.25) is 0 Å². The van der Waals surface area contributed by atoms with Gasteiger partial charge in [0.25, 0.3) is 0 Å². The van der Waals surface area contributed by atoms with Crippen LogP contribution in [0.25, 0.3) is 0 Å². The van der Waals surface area contributed by atoms with Crippen molar-refractivity contribution in [2.24, 2.45) is 0 Å². The molecule has 1 atom stereocenters. The van der Waals surface area contributed by atoms with E-state index in [-0.39, 0.29) is 5.88 Å². The Kier molecular flexibility index (Phi) is 6.29. The van der Waals surface area contributed by atoms with E-state index in [0.29, 0.717) is 5.56 Å². The van der Waals surface area contributed by atoms with Crippen LogP contribution in [0.4, 0.5) is 13.2 Å². The molecule has 0 aliphatic carbocycles. The van der Waals surface area contributed by atoms with Gasteiger partial charge in [-0.15, -0.1) is 11.6 Å². The van der Waals surface area contributed by atoms with Gasteiger partial charge in [-0.2, -0.15) is 13.2 Å². The third-order valence-electron chi connectivity index (χ3n) is 2.55. The van der Waals surface area contributed by atoms with Crippen molar-refractivity contribution in [2.45, 2.75) is 25.1 Å². The van der Waals surface area contributed by atoms with Crippen molar-refractivity contribution in [1.82, 2.24) is 4.72 Å². The first-order chi connectivity index (χ1) is 9.23. The molecule has 0 saturated carbocycles. The molecule has 20 heavy (non-hydrogen) atoms.